The minimum atomic E-state index is 0.833. The van der Waals surface area contributed by atoms with Gasteiger partial charge in [0.25, 0.3) is 0 Å². The number of nitrogens with two attached hydrogens (primary N) is 1. The van der Waals surface area contributed by atoms with Crippen LogP contribution in [0.2, 0.25) is 0 Å². The van der Waals surface area contributed by atoms with Gasteiger partial charge in [-0.2, -0.15) is 0 Å². The van der Waals surface area contributed by atoms with Crippen LogP contribution in [0.4, 0.5) is 5.69 Å². The Morgan fingerprint density at radius 2 is 2.18 bits per heavy atom. The molecule has 0 saturated heterocycles. The molecule has 0 amide bonds. The molecule has 2 N–H and O–H groups in total. The van der Waals surface area contributed by atoms with Gasteiger partial charge in [0, 0.05) is 28.7 Å². The summed E-state index contributed by atoms with van der Waals surface area (Å²) in [5.74, 6) is 1.07. The number of anilines is 1. The summed E-state index contributed by atoms with van der Waals surface area (Å²) in [7, 11) is 0. The van der Waals surface area contributed by atoms with Crippen LogP contribution >= 0.6 is 11.8 Å². The Hall–Kier alpha value is -1.48. The summed E-state index contributed by atoms with van der Waals surface area (Å²) in [6.07, 6.45) is 4.78. The van der Waals surface area contributed by atoms with E-state index in [9.17, 15) is 0 Å². The van der Waals surface area contributed by atoms with Crippen LogP contribution in [0.3, 0.4) is 0 Å². The number of nitrogen functional groups attached to an aromatic ring is 1. The lowest BCUT2D eigenvalue weighted by atomic mass is 10.2. The van der Waals surface area contributed by atoms with Gasteiger partial charge in [-0.3, -0.25) is 4.98 Å². The molecule has 0 aliphatic carbocycles. The van der Waals surface area contributed by atoms with Crippen molar-refractivity contribution in [2.45, 2.75) is 18.2 Å². The van der Waals surface area contributed by atoms with Crippen molar-refractivity contribution in [3.8, 4) is 0 Å². The normalized spacial score (nSPS) is 10.4. The summed E-state index contributed by atoms with van der Waals surface area (Å²) in [6, 6.07) is 10.2. The van der Waals surface area contributed by atoms with E-state index in [0.717, 1.165) is 17.9 Å². The Kier molecular flexibility index (Phi) is 4.04. The van der Waals surface area contributed by atoms with Gasteiger partial charge < -0.3 is 5.73 Å². The van der Waals surface area contributed by atoms with Crippen molar-refractivity contribution in [2.75, 3.05) is 11.5 Å². The van der Waals surface area contributed by atoms with Crippen molar-refractivity contribution in [1.29, 1.82) is 0 Å². The highest BCUT2D eigenvalue weighted by atomic mass is 32.2. The summed E-state index contributed by atoms with van der Waals surface area (Å²) in [4.78, 5) is 5.42. The second-order valence-corrected chi connectivity index (χ2v) is 5.12. The van der Waals surface area contributed by atoms with Crippen molar-refractivity contribution in [3.63, 3.8) is 0 Å². The van der Waals surface area contributed by atoms with E-state index in [0.29, 0.717) is 0 Å². The number of pyridine rings is 1. The SMILES string of the molecule is Cc1cc(N)ccc1SCCc1cccnc1. The molecule has 2 aromatic rings. The zero-order chi connectivity index (χ0) is 12.1. The Morgan fingerprint density at radius 3 is 2.88 bits per heavy atom. The maximum absolute atomic E-state index is 5.73. The molecular weight excluding hydrogens is 228 g/mol. The van der Waals surface area contributed by atoms with E-state index in [4.69, 9.17) is 5.73 Å². The van der Waals surface area contributed by atoms with Crippen LogP contribution < -0.4 is 5.73 Å². The molecule has 1 aromatic carbocycles. The van der Waals surface area contributed by atoms with Crippen LogP contribution in [0.1, 0.15) is 11.1 Å². The van der Waals surface area contributed by atoms with Crippen LogP contribution in [0.15, 0.2) is 47.6 Å². The van der Waals surface area contributed by atoms with Gasteiger partial charge in [0.15, 0.2) is 0 Å². The summed E-state index contributed by atoms with van der Waals surface area (Å²) < 4.78 is 0. The van der Waals surface area contributed by atoms with Gasteiger partial charge >= 0.3 is 0 Å². The molecule has 3 heteroatoms. The molecule has 88 valence electrons. The summed E-state index contributed by atoms with van der Waals surface area (Å²) in [5.41, 5.74) is 9.10. The van der Waals surface area contributed by atoms with Crippen LogP contribution in [-0.2, 0) is 6.42 Å². The van der Waals surface area contributed by atoms with Gasteiger partial charge in [-0.05, 0) is 48.7 Å². The molecule has 0 spiro atoms. The molecule has 0 aliphatic rings. The standard InChI is InChI=1S/C14H16N2S/c1-11-9-13(15)4-5-14(11)17-8-6-12-3-2-7-16-10-12/h2-5,7,9-10H,6,8,15H2,1H3. The summed E-state index contributed by atoms with van der Waals surface area (Å²) >= 11 is 1.87. The Bertz CT molecular complexity index is 483. The zero-order valence-electron chi connectivity index (χ0n) is 9.89. The van der Waals surface area contributed by atoms with E-state index in [-0.39, 0.29) is 0 Å². The van der Waals surface area contributed by atoms with E-state index in [2.05, 4.69) is 24.0 Å². The van der Waals surface area contributed by atoms with E-state index < -0.39 is 0 Å². The van der Waals surface area contributed by atoms with Crippen LogP contribution in [-0.4, -0.2) is 10.7 Å². The van der Waals surface area contributed by atoms with Gasteiger partial charge in [0.2, 0.25) is 0 Å². The molecule has 0 fully saturated rings. The van der Waals surface area contributed by atoms with Crippen molar-refractivity contribution >= 4 is 17.4 Å². The van der Waals surface area contributed by atoms with Gasteiger partial charge in [-0.25, -0.2) is 0 Å². The average Bonchev–Trinajstić information content (AvgIpc) is 2.33. The molecule has 0 unspecified atom stereocenters. The largest absolute Gasteiger partial charge is 0.399 e. The summed E-state index contributed by atoms with van der Waals surface area (Å²) in [6.45, 7) is 2.10. The lowest BCUT2D eigenvalue weighted by Gasteiger charge is -2.06. The van der Waals surface area contributed by atoms with Gasteiger partial charge in [-0.15, -0.1) is 11.8 Å². The first-order chi connectivity index (χ1) is 8.25. The number of thioether (sulfide) groups is 1. The third kappa shape index (κ3) is 3.49. The third-order valence-corrected chi connectivity index (χ3v) is 3.75. The van der Waals surface area contributed by atoms with Crippen molar-refractivity contribution in [3.05, 3.63) is 53.9 Å². The first-order valence-electron chi connectivity index (χ1n) is 5.63. The number of benzene rings is 1. The molecule has 0 radical (unpaired) electrons. The predicted octanol–water partition coefficient (Wildman–Crippen LogP) is 3.31. The number of hydrogen-bond acceptors (Lipinski definition) is 3. The Labute approximate surface area is 106 Å². The molecule has 1 heterocycles. The van der Waals surface area contributed by atoms with E-state index in [1.165, 1.54) is 16.0 Å². The molecule has 0 bridgehead atoms. The molecular formula is C14H16N2S. The number of aryl methyl sites for hydroxylation is 2. The van der Waals surface area contributed by atoms with Gasteiger partial charge in [0.05, 0.1) is 0 Å². The number of aromatic nitrogens is 1. The lowest BCUT2D eigenvalue weighted by molar-refractivity contribution is 1.11. The molecule has 0 saturated carbocycles. The quantitative estimate of drug-likeness (QED) is 0.662. The number of hydrogen-bond donors (Lipinski definition) is 1. The maximum Gasteiger partial charge on any atom is 0.0317 e. The molecule has 1 aromatic heterocycles. The number of rotatable bonds is 4. The lowest BCUT2D eigenvalue weighted by Crippen LogP contribution is -1.91. The monoisotopic (exact) mass is 244 g/mol. The predicted molar refractivity (Wildman–Crippen MR) is 74.3 cm³/mol. The maximum atomic E-state index is 5.73. The summed E-state index contributed by atoms with van der Waals surface area (Å²) in [5, 5.41) is 0. The second kappa shape index (κ2) is 5.73. The molecule has 2 nitrogen and oxygen atoms in total. The topological polar surface area (TPSA) is 38.9 Å². The van der Waals surface area contributed by atoms with Crippen molar-refractivity contribution < 1.29 is 0 Å². The van der Waals surface area contributed by atoms with E-state index >= 15 is 0 Å². The fraction of sp³-hybridized carbons (Fsp3) is 0.214. The second-order valence-electron chi connectivity index (χ2n) is 3.98. The molecule has 0 aliphatic heterocycles. The van der Waals surface area contributed by atoms with Crippen LogP contribution in [0.25, 0.3) is 0 Å². The Morgan fingerprint density at radius 1 is 1.29 bits per heavy atom. The van der Waals surface area contributed by atoms with Crippen LogP contribution in [0.5, 0.6) is 0 Å². The fourth-order valence-electron chi connectivity index (χ4n) is 1.66. The van der Waals surface area contributed by atoms with Crippen molar-refractivity contribution in [2.24, 2.45) is 0 Å². The minimum Gasteiger partial charge on any atom is -0.399 e. The highest BCUT2D eigenvalue weighted by molar-refractivity contribution is 7.99. The molecule has 2 rings (SSSR count). The minimum absolute atomic E-state index is 0.833. The highest BCUT2D eigenvalue weighted by Crippen LogP contribution is 2.24. The highest BCUT2D eigenvalue weighted by Gasteiger charge is 2.00. The smallest absolute Gasteiger partial charge is 0.0317 e. The zero-order valence-corrected chi connectivity index (χ0v) is 10.7. The average molecular weight is 244 g/mol. The van der Waals surface area contributed by atoms with E-state index in [1.54, 1.807) is 6.20 Å². The molecule has 17 heavy (non-hydrogen) atoms. The third-order valence-electron chi connectivity index (χ3n) is 2.57. The first kappa shape index (κ1) is 12.0. The molecule has 0 atom stereocenters. The first-order valence-corrected chi connectivity index (χ1v) is 6.62. The van der Waals surface area contributed by atoms with Gasteiger partial charge in [0.1, 0.15) is 0 Å². The van der Waals surface area contributed by atoms with Gasteiger partial charge in [-0.1, -0.05) is 6.07 Å². The van der Waals surface area contributed by atoms with Crippen molar-refractivity contribution in [1.82, 2.24) is 4.98 Å². The Balaban J connectivity index is 1.90. The van der Waals surface area contributed by atoms with Crippen LogP contribution in [0, 0.1) is 6.92 Å². The number of nitrogens with zero attached hydrogens (tertiary/aromatic N) is 1. The fourth-order valence-corrected chi connectivity index (χ4v) is 2.67. The van der Waals surface area contributed by atoms with E-state index in [1.807, 2.05) is 36.2 Å².